The summed E-state index contributed by atoms with van der Waals surface area (Å²) in [6, 6.07) is 0. The zero-order chi connectivity index (χ0) is 15.8. The number of carboxylic acid groups (broad SMARTS) is 3. The Balaban J connectivity index is -0.000000239. The molecule has 0 aromatic heterocycles. The van der Waals surface area contributed by atoms with Gasteiger partial charge in [0.1, 0.15) is 0 Å². The number of hydrogen-bond acceptors (Lipinski definition) is 6. The van der Waals surface area contributed by atoms with Gasteiger partial charge in [0, 0.05) is 31.4 Å². The minimum absolute atomic E-state index is 0.558. The Bertz CT molecular complexity index is 338. The molecule has 9 nitrogen and oxygen atoms in total. The molecule has 0 radical (unpaired) electrons. The lowest BCUT2D eigenvalue weighted by Gasteiger charge is -1.85. The van der Waals surface area contributed by atoms with E-state index in [1.54, 1.807) is 0 Å². The number of aliphatic hydroxyl groups is 1. The van der Waals surface area contributed by atoms with E-state index >= 15 is 0 Å². The molecule has 0 spiro atoms. The molecule has 0 aliphatic carbocycles. The number of carboxylic acids is 3. The number of carbonyl (C=O) groups is 4. The van der Waals surface area contributed by atoms with Gasteiger partial charge in [0.2, 0.25) is 0 Å². The molecular formula is C10H14O9. The third-order valence-corrected chi connectivity index (χ3v) is 0.932. The monoisotopic (exact) mass is 278 g/mol. The van der Waals surface area contributed by atoms with Crippen LogP contribution in [0.3, 0.4) is 0 Å². The number of hydrogen-bond donors (Lipinski definition) is 4. The van der Waals surface area contributed by atoms with Crippen LogP contribution >= 0.6 is 0 Å². The van der Waals surface area contributed by atoms with Crippen molar-refractivity contribution in [2.24, 2.45) is 0 Å². The van der Waals surface area contributed by atoms with E-state index in [0.717, 1.165) is 13.2 Å². The van der Waals surface area contributed by atoms with Crippen LogP contribution in [0.2, 0.25) is 0 Å². The minimum Gasteiger partial charge on any atom is -0.478 e. The summed E-state index contributed by atoms with van der Waals surface area (Å²) in [5, 5.41) is 30.6. The average Bonchev–Trinajstić information content (AvgIpc) is 2.36. The van der Waals surface area contributed by atoms with Crippen LogP contribution in [0.25, 0.3) is 0 Å². The van der Waals surface area contributed by atoms with E-state index in [0.29, 0.717) is 18.2 Å². The van der Waals surface area contributed by atoms with E-state index in [1.807, 2.05) is 0 Å². The molecule has 0 amide bonds. The Morgan fingerprint density at radius 2 is 1.00 bits per heavy atom. The van der Waals surface area contributed by atoms with Crippen molar-refractivity contribution < 1.29 is 44.3 Å². The maximum Gasteiger partial charge on any atom is 0.330 e. The Hall–Kier alpha value is -2.68. The second-order valence-corrected chi connectivity index (χ2v) is 2.20. The third kappa shape index (κ3) is 31.3. The van der Waals surface area contributed by atoms with Crippen LogP contribution in [0.15, 0.2) is 24.3 Å². The average molecular weight is 278 g/mol. The van der Waals surface area contributed by atoms with Crippen LogP contribution in [0, 0.1) is 0 Å². The van der Waals surface area contributed by atoms with E-state index in [2.05, 4.69) is 4.74 Å². The lowest BCUT2D eigenvalue weighted by molar-refractivity contribution is -0.136. The molecule has 0 saturated carbocycles. The highest BCUT2D eigenvalue weighted by Crippen LogP contribution is 1.76. The number of ether oxygens (including phenoxy) is 1. The molecule has 0 rings (SSSR count). The molecular weight excluding hydrogens is 264 g/mol. The smallest absolute Gasteiger partial charge is 0.330 e. The van der Waals surface area contributed by atoms with Crippen molar-refractivity contribution in [3.63, 3.8) is 0 Å². The van der Waals surface area contributed by atoms with Crippen molar-refractivity contribution >= 4 is 23.9 Å². The fraction of sp³-hybridized carbons (Fsp3) is 0.200. The van der Waals surface area contributed by atoms with E-state index in [1.165, 1.54) is 7.11 Å². The van der Waals surface area contributed by atoms with E-state index < -0.39 is 23.9 Å². The molecule has 108 valence electrons. The Morgan fingerprint density at radius 3 is 1.21 bits per heavy atom. The van der Waals surface area contributed by atoms with Crippen LogP contribution in [-0.4, -0.2) is 58.5 Å². The van der Waals surface area contributed by atoms with Gasteiger partial charge in [-0.1, -0.05) is 0 Å². The van der Waals surface area contributed by atoms with E-state index in [9.17, 15) is 19.2 Å². The summed E-state index contributed by atoms with van der Waals surface area (Å²) in [6.07, 6.45) is 2.67. The normalized spacial score (nSPS) is 8.79. The van der Waals surface area contributed by atoms with Crippen LogP contribution in [-0.2, 0) is 23.9 Å². The highest BCUT2D eigenvalue weighted by Gasteiger charge is 1.91. The van der Waals surface area contributed by atoms with Gasteiger partial charge in [-0.3, -0.25) is 0 Å². The first-order valence-corrected chi connectivity index (χ1v) is 4.37. The van der Waals surface area contributed by atoms with Crippen LogP contribution < -0.4 is 0 Å². The molecule has 0 aliphatic rings. The number of carbonyl (C=O) groups excluding carboxylic acids is 1. The van der Waals surface area contributed by atoms with Crippen molar-refractivity contribution in [1.29, 1.82) is 0 Å². The molecule has 9 heteroatoms. The first-order chi connectivity index (χ1) is 8.79. The molecule has 0 atom stereocenters. The number of methoxy groups -OCH3 is 1. The van der Waals surface area contributed by atoms with Crippen LogP contribution in [0.1, 0.15) is 0 Å². The van der Waals surface area contributed by atoms with Gasteiger partial charge in [0.25, 0.3) is 0 Å². The predicted molar refractivity (Wildman–Crippen MR) is 61.3 cm³/mol. The maximum atomic E-state index is 10.1. The SMILES string of the molecule is CO.COC(=O)/C=C/C(=O)O.O=C(O)/C=C/C(=O)O. The topological polar surface area (TPSA) is 158 Å². The molecule has 4 N–H and O–H groups in total. The molecule has 0 aliphatic heterocycles. The summed E-state index contributed by atoms with van der Waals surface area (Å²) in [5.41, 5.74) is 0. The number of aliphatic carboxylic acids is 3. The lowest BCUT2D eigenvalue weighted by Crippen LogP contribution is -1.96. The minimum atomic E-state index is -1.26. The molecule has 0 fully saturated rings. The van der Waals surface area contributed by atoms with Crippen LogP contribution in [0.4, 0.5) is 0 Å². The Labute approximate surface area is 108 Å². The zero-order valence-corrected chi connectivity index (χ0v) is 10.1. The van der Waals surface area contributed by atoms with Crippen molar-refractivity contribution in [3.05, 3.63) is 24.3 Å². The predicted octanol–water partition coefficient (Wildman–Crippen LogP) is -0.879. The maximum absolute atomic E-state index is 10.1. The largest absolute Gasteiger partial charge is 0.478 e. The fourth-order valence-corrected chi connectivity index (χ4v) is 0.350. The third-order valence-electron chi connectivity index (χ3n) is 0.932. The number of esters is 1. The molecule has 0 aromatic carbocycles. The molecule has 0 heterocycles. The van der Waals surface area contributed by atoms with Gasteiger partial charge >= 0.3 is 23.9 Å². The van der Waals surface area contributed by atoms with E-state index in [4.69, 9.17) is 20.4 Å². The summed E-state index contributed by atoms with van der Waals surface area (Å²) < 4.78 is 4.11. The summed E-state index contributed by atoms with van der Waals surface area (Å²) in [6.45, 7) is 0. The van der Waals surface area contributed by atoms with Crippen LogP contribution in [0.5, 0.6) is 0 Å². The lowest BCUT2D eigenvalue weighted by atomic mass is 10.5. The first-order valence-electron chi connectivity index (χ1n) is 4.37. The first kappa shape index (κ1) is 21.6. The van der Waals surface area contributed by atoms with Gasteiger partial charge < -0.3 is 25.2 Å². The van der Waals surface area contributed by atoms with Crippen molar-refractivity contribution in [1.82, 2.24) is 0 Å². The summed E-state index contributed by atoms with van der Waals surface area (Å²) in [5.74, 6) is -4.35. The highest BCUT2D eigenvalue weighted by molar-refractivity contribution is 5.90. The molecule has 19 heavy (non-hydrogen) atoms. The number of aliphatic hydroxyl groups excluding tert-OH is 1. The fourth-order valence-electron chi connectivity index (χ4n) is 0.350. The van der Waals surface area contributed by atoms with Crippen molar-refractivity contribution in [3.8, 4) is 0 Å². The second-order valence-electron chi connectivity index (χ2n) is 2.20. The molecule has 0 bridgehead atoms. The zero-order valence-electron chi connectivity index (χ0n) is 10.1. The van der Waals surface area contributed by atoms with Gasteiger partial charge in [0.15, 0.2) is 0 Å². The summed E-state index contributed by atoms with van der Waals surface area (Å²) in [7, 11) is 2.18. The quantitative estimate of drug-likeness (QED) is 0.378. The van der Waals surface area contributed by atoms with Gasteiger partial charge in [-0.15, -0.1) is 0 Å². The molecule has 0 aromatic rings. The van der Waals surface area contributed by atoms with Gasteiger partial charge in [-0.05, 0) is 0 Å². The summed E-state index contributed by atoms with van der Waals surface area (Å²) >= 11 is 0. The van der Waals surface area contributed by atoms with Gasteiger partial charge in [-0.25, -0.2) is 19.2 Å². The Morgan fingerprint density at radius 1 is 0.737 bits per heavy atom. The van der Waals surface area contributed by atoms with Crippen molar-refractivity contribution in [2.75, 3.05) is 14.2 Å². The number of rotatable bonds is 4. The Kier molecular flexibility index (Phi) is 17.4. The highest BCUT2D eigenvalue weighted by atomic mass is 16.5. The van der Waals surface area contributed by atoms with Crippen molar-refractivity contribution in [2.45, 2.75) is 0 Å². The second kappa shape index (κ2) is 15.3. The molecule has 0 unspecified atom stereocenters. The standard InChI is InChI=1S/C5H6O4.C4H4O4.CH4O/c1-9-5(8)3-2-4(6)7;5-3(6)1-2-4(7)8;1-2/h2-3H,1H3,(H,6,7);1-2H,(H,5,6)(H,7,8);2H,1H3/b3-2+;2-1+;. The van der Waals surface area contributed by atoms with E-state index in [-0.39, 0.29) is 0 Å². The van der Waals surface area contributed by atoms with Gasteiger partial charge in [-0.2, -0.15) is 0 Å². The molecule has 0 saturated heterocycles. The van der Waals surface area contributed by atoms with Gasteiger partial charge in [0.05, 0.1) is 7.11 Å². The summed E-state index contributed by atoms with van der Waals surface area (Å²) in [4.78, 5) is 39.0.